The van der Waals surface area contributed by atoms with Gasteiger partial charge in [-0.2, -0.15) is 0 Å². The Morgan fingerprint density at radius 3 is 2.74 bits per heavy atom. The van der Waals surface area contributed by atoms with Crippen LogP contribution in [-0.2, 0) is 11.4 Å². The Kier molecular flexibility index (Phi) is 6.90. The van der Waals surface area contributed by atoms with Crippen molar-refractivity contribution in [3.05, 3.63) is 79.6 Å². The minimum absolute atomic E-state index is 0.0153. The van der Waals surface area contributed by atoms with E-state index in [2.05, 4.69) is 34.5 Å². The number of hydrogen-bond donors (Lipinski definition) is 1. The Labute approximate surface area is 191 Å². The van der Waals surface area contributed by atoms with Crippen LogP contribution in [0.15, 0.2) is 54.8 Å². The second-order valence-corrected chi connectivity index (χ2v) is 7.60. The molecule has 1 fully saturated rings. The van der Waals surface area contributed by atoms with Crippen molar-refractivity contribution in [1.29, 1.82) is 0 Å². The van der Waals surface area contributed by atoms with E-state index in [1.807, 2.05) is 0 Å². The standard InChI is InChI=1S/C21H18IN3O6/c1-3-7-24-20(26)17(23-21(24)27)10-14-9-16(22)19(18(11-14)30-2)31-12-13-5-4-6-15(8-13)25(28)29/h3-6,8-11H,1,7,12H2,2H3,(H,23,27)/b17-10+. The number of nitrogens with one attached hydrogen (secondary N) is 1. The van der Waals surface area contributed by atoms with Crippen LogP contribution in [0.2, 0.25) is 0 Å². The molecule has 9 nitrogen and oxygen atoms in total. The molecule has 2 aromatic rings. The second-order valence-electron chi connectivity index (χ2n) is 6.44. The van der Waals surface area contributed by atoms with Gasteiger partial charge in [0.05, 0.1) is 15.6 Å². The number of carbonyl (C=O) groups excluding carboxylic acids is 2. The largest absolute Gasteiger partial charge is 0.493 e. The highest BCUT2D eigenvalue weighted by molar-refractivity contribution is 14.1. The average molecular weight is 535 g/mol. The van der Waals surface area contributed by atoms with E-state index in [4.69, 9.17) is 9.47 Å². The van der Waals surface area contributed by atoms with Gasteiger partial charge in [-0.1, -0.05) is 18.2 Å². The molecule has 160 valence electrons. The summed E-state index contributed by atoms with van der Waals surface area (Å²) in [4.78, 5) is 35.8. The number of non-ortho nitro benzene ring substituents is 1. The monoisotopic (exact) mass is 535 g/mol. The van der Waals surface area contributed by atoms with E-state index in [-0.39, 0.29) is 24.5 Å². The van der Waals surface area contributed by atoms with Crippen LogP contribution in [0.5, 0.6) is 11.5 Å². The fourth-order valence-corrected chi connectivity index (χ4v) is 3.69. The maximum absolute atomic E-state index is 12.4. The van der Waals surface area contributed by atoms with Gasteiger partial charge in [-0.05, 0) is 51.9 Å². The van der Waals surface area contributed by atoms with E-state index in [9.17, 15) is 19.7 Å². The van der Waals surface area contributed by atoms with Gasteiger partial charge in [0.2, 0.25) is 0 Å². The minimum Gasteiger partial charge on any atom is -0.493 e. The van der Waals surface area contributed by atoms with Crippen molar-refractivity contribution < 1.29 is 24.0 Å². The van der Waals surface area contributed by atoms with Gasteiger partial charge < -0.3 is 14.8 Å². The smallest absolute Gasteiger partial charge is 0.329 e. The third kappa shape index (κ3) is 5.02. The number of nitro groups is 1. The number of nitro benzene ring substituents is 1. The molecule has 1 N–H and O–H groups in total. The molecule has 3 rings (SSSR count). The summed E-state index contributed by atoms with van der Waals surface area (Å²) >= 11 is 2.07. The zero-order valence-electron chi connectivity index (χ0n) is 16.5. The fourth-order valence-electron chi connectivity index (χ4n) is 2.91. The van der Waals surface area contributed by atoms with Gasteiger partial charge in [0.25, 0.3) is 11.6 Å². The van der Waals surface area contributed by atoms with E-state index in [1.54, 1.807) is 30.3 Å². The molecule has 0 bridgehead atoms. The van der Waals surface area contributed by atoms with Crippen molar-refractivity contribution in [3.8, 4) is 11.5 Å². The zero-order chi connectivity index (χ0) is 22.5. The molecule has 1 heterocycles. The summed E-state index contributed by atoms with van der Waals surface area (Å²) in [5, 5.41) is 13.5. The number of nitrogens with zero attached hydrogens (tertiary/aromatic N) is 2. The summed E-state index contributed by atoms with van der Waals surface area (Å²) in [7, 11) is 1.48. The molecule has 1 saturated heterocycles. The molecule has 0 radical (unpaired) electrons. The number of halogens is 1. The summed E-state index contributed by atoms with van der Waals surface area (Å²) in [6.45, 7) is 3.77. The number of amides is 3. The predicted molar refractivity (Wildman–Crippen MR) is 122 cm³/mol. The van der Waals surface area contributed by atoms with Crippen LogP contribution in [0, 0.1) is 13.7 Å². The summed E-state index contributed by atoms with van der Waals surface area (Å²) in [5.74, 6) is 0.445. The highest BCUT2D eigenvalue weighted by Gasteiger charge is 2.32. The molecule has 2 aromatic carbocycles. The number of methoxy groups -OCH3 is 1. The van der Waals surface area contributed by atoms with E-state index >= 15 is 0 Å². The van der Waals surface area contributed by atoms with E-state index in [1.165, 1.54) is 25.3 Å². The van der Waals surface area contributed by atoms with Crippen molar-refractivity contribution in [2.24, 2.45) is 0 Å². The lowest BCUT2D eigenvalue weighted by Gasteiger charge is -2.14. The number of rotatable bonds is 8. The van der Waals surface area contributed by atoms with Crippen LogP contribution < -0.4 is 14.8 Å². The molecule has 1 aliphatic rings. The second kappa shape index (κ2) is 9.60. The SMILES string of the molecule is C=CCN1C(=O)N/C(=C/c2cc(I)c(OCc3cccc([N+](=O)[O-])c3)c(OC)c2)C1=O. The lowest BCUT2D eigenvalue weighted by Crippen LogP contribution is -2.30. The number of benzene rings is 2. The summed E-state index contributed by atoms with van der Waals surface area (Å²) < 4.78 is 12.0. The lowest BCUT2D eigenvalue weighted by atomic mass is 10.1. The van der Waals surface area contributed by atoms with Crippen molar-refractivity contribution in [2.45, 2.75) is 6.61 Å². The first-order chi connectivity index (χ1) is 14.8. The Balaban J connectivity index is 1.83. The van der Waals surface area contributed by atoms with Crippen LogP contribution in [0.3, 0.4) is 0 Å². The van der Waals surface area contributed by atoms with Crippen LogP contribution >= 0.6 is 22.6 Å². The number of urea groups is 1. The van der Waals surface area contributed by atoms with E-state index in [0.717, 1.165) is 4.90 Å². The summed E-state index contributed by atoms with van der Waals surface area (Å²) in [6.07, 6.45) is 3.03. The van der Waals surface area contributed by atoms with Crippen LogP contribution in [0.4, 0.5) is 10.5 Å². The number of carbonyl (C=O) groups is 2. The average Bonchev–Trinajstić information content (AvgIpc) is 3.00. The molecule has 10 heteroatoms. The molecule has 0 atom stereocenters. The van der Waals surface area contributed by atoms with Gasteiger partial charge in [-0.15, -0.1) is 6.58 Å². The number of imide groups is 1. The van der Waals surface area contributed by atoms with Crippen molar-refractivity contribution in [3.63, 3.8) is 0 Å². The molecule has 0 saturated carbocycles. The fraction of sp³-hybridized carbons (Fsp3) is 0.143. The highest BCUT2D eigenvalue weighted by atomic mass is 127. The quantitative estimate of drug-likeness (QED) is 0.137. The Morgan fingerprint density at radius 2 is 2.06 bits per heavy atom. The van der Waals surface area contributed by atoms with E-state index < -0.39 is 16.9 Å². The molecule has 3 amide bonds. The normalized spacial score (nSPS) is 14.5. The first-order valence-electron chi connectivity index (χ1n) is 9.03. The van der Waals surface area contributed by atoms with Gasteiger partial charge in [0.15, 0.2) is 11.5 Å². The van der Waals surface area contributed by atoms with Crippen LogP contribution in [0.25, 0.3) is 6.08 Å². The Hall–Kier alpha value is -3.41. The maximum Gasteiger partial charge on any atom is 0.329 e. The van der Waals surface area contributed by atoms with Crippen molar-refractivity contribution >= 4 is 46.3 Å². The number of hydrogen-bond acceptors (Lipinski definition) is 6. The first-order valence-corrected chi connectivity index (χ1v) is 10.1. The van der Waals surface area contributed by atoms with Crippen LogP contribution in [0.1, 0.15) is 11.1 Å². The van der Waals surface area contributed by atoms with Gasteiger partial charge in [0.1, 0.15) is 12.3 Å². The zero-order valence-corrected chi connectivity index (χ0v) is 18.6. The summed E-state index contributed by atoms with van der Waals surface area (Å²) in [6, 6.07) is 9.12. The topological polar surface area (TPSA) is 111 Å². The number of ether oxygens (including phenoxy) is 2. The molecular weight excluding hydrogens is 517 g/mol. The first kappa shape index (κ1) is 22.3. The van der Waals surface area contributed by atoms with Gasteiger partial charge in [-0.25, -0.2) is 4.79 Å². The van der Waals surface area contributed by atoms with Crippen LogP contribution in [-0.4, -0.2) is 35.4 Å². The Morgan fingerprint density at radius 1 is 1.29 bits per heavy atom. The van der Waals surface area contributed by atoms with Gasteiger partial charge >= 0.3 is 6.03 Å². The molecule has 0 aliphatic carbocycles. The third-order valence-electron chi connectivity index (χ3n) is 4.34. The molecule has 0 aromatic heterocycles. The maximum atomic E-state index is 12.4. The van der Waals surface area contributed by atoms with Gasteiger partial charge in [-0.3, -0.25) is 19.8 Å². The highest BCUT2D eigenvalue weighted by Crippen LogP contribution is 2.35. The molecule has 1 aliphatic heterocycles. The minimum atomic E-state index is -0.505. The third-order valence-corrected chi connectivity index (χ3v) is 5.14. The van der Waals surface area contributed by atoms with Crippen molar-refractivity contribution in [2.75, 3.05) is 13.7 Å². The Bertz CT molecular complexity index is 1100. The summed E-state index contributed by atoms with van der Waals surface area (Å²) in [5.41, 5.74) is 1.40. The molecule has 31 heavy (non-hydrogen) atoms. The van der Waals surface area contributed by atoms with Crippen molar-refractivity contribution in [1.82, 2.24) is 10.2 Å². The van der Waals surface area contributed by atoms with Gasteiger partial charge in [0, 0.05) is 18.7 Å². The lowest BCUT2D eigenvalue weighted by molar-refractivity contribution is -0.384. The van der Waals surface area contributed by atoms with E-state index in [0.29, 0.717) is 26.2 Å². The predicted octanol–water partition coefficient (Wildman–Crippen LogP) is 3.87. The molecular formula is C21H18IN3O6. The molecule has 0 unspecified atom stereocenters. The molecule has 0 spiro atoms.